The molecule has 1 heterocycles. The molecule has 9 aromatic carbocycles. The number of fused-ring (bicyclic) bond motifs is 12. The predicted molar refractivity (Wildman–Crippen MR) is 300 cm³/mol. The first-order chi connectivity index (χ1) is 34.3. The number of nitrogens with zero attached hydrogens (tertiary/aromatic N) is 2. The van der Waals surface area contributed by atoms with Gasteiger partial charge in [-0.1, -0.05) is 178 Å². The molecule has 0 saturated carbocycles. The van der Waals surface area contributed by atoms with Crippen LogP contribution in [0.2, 0.25) is 0 Å². The maximum Gasteiger partial charge on any atom is 0.0654 e. The molecule has 0 aliphatic heterocycles. The molecule has 1 spiro atoms. The second-order valence-electron chi connectivity index (χ2n) is 19.8. The summed E-state index contributed by atoms with van der Waals surface area (Å²) in [6.45, 7) is 13.6. The number of hydrogen-bond donors (Lipinski definition) is 0. The third-order valence-electron chi connectivity index (χ3n) is 15.4. The van der Waals surface area contributed by atoms with E-state index < -0.39 is 5.41 Å². The molecule has 2 aliphatic rings. The van der Waals surface area contributed by atoms with Crippen molar-refractivity contribution in [2.45, 2.75) is 65.7 Å². The van der Waals surface area contributed by atoms with Gasteiger partial charge in [-0.25, -0.2) is 0 Å². The van der Waals surface area contributed by atoms with Gasteiger partial charge in [0.2, 0.25) is 0 Å². The maximum absolute atomic E-state index is 2.54. The Hall–Kier alpha value is -7.94. The van der Waals surface area contributed by atoms with Gasteiger partial charge in [0.15, 0.2) is 0 Å². The number of allylic oxidation sites excluding steroid dienone is 5. The lowest BCUT2D eigenvalue weighted by molar-refractivity contribution is 0.731. The minimum atomic E-state index is -0.507. The molecule has 2 aliphatic carbocycles. The highest BCUT2D eigenvalue weighted by atomic mass is 15.1. The minimum Gasteiger partial charge on any atom is -0.310 e. The lowest BCUT2D eigenvalue weighted by Gasteiger charge is -2.31. The smallest absolute Gasteiger partial charge is 0.0654 e. The average molecular weight is 903 g/mol. The lowest BCUT2D eigenvalue weighted by Crippen LogP contribution is -2.23. The Balaban J connectivity index is 1.11. The molecule has 2 heteroatoms. The van der Waals surface area contributed by atoms with Gasteiger partial charge >= 0.3 is 0 Å². The molecule has 1 aromatic heterocycles. The Morgan fingerprint density at radius 3 is 2.11 bits per heavy atom. The van der Waals surface area contributed by atoms with Crippen LogP contribution in [0.4, 0.5) is 17.1 Å². The van der Waals surface area contributed by atoms with Crippen molar-refractivity contribution in [2.75, 3.05) is 4.90 Å². The summed E-state index contributed by atoms with van der Waals surface area (Å²) in [5, 5.41) is 4.96. The molecule has 70 heavy (non-hydrogen) atoms. The summed E-state index contributed by atoms with van der Waals surface area (Å²) in [6, 6.07) is 71.0. The quantitative estimate of drug-likeness (QED) is 0.124. The van der Waals surface area contributed by atoms with Gasteiger partial charge in [0.1, 0.15) is 0 Å². The Kier molecular flexibility index (Phi) is 10.7. The molecule has 10 aromatic rings. The van der Waals surface area contributed by atoms with Gasteiger partial charge in [0.25, 0.3) is 0 Å². The van der Waals surface area contributed by atoms with Gasteiger partial charge in [0.05, 0.1) is 22.1 Å². The maximum atomic E-state index is 2.54. The van der Waals surface area contributed by atoms with Crippen LogP contribution in [0, 0.1) is 6.92 Å². The van der Waals surface area contributed by atoms with E-state index in [1.54, 1.807) is 0 Å². The molecule has 0 bridgehead atoms. The van der Waals surface area contributed by atoms with Gasteiger partial charge in [-0.15, -0.1) is 0 Å². The third kappa shape index (κ3) is 6.76. The molecule has 2 atom stereocenters. The molecular formula is C68H58N2. The minimum absolute atomic E-state index is 0.448. The van der Waals surface area contributed by atoms with E-state index in [0.29, 0.717) is 5.92 Å². The van der Waals surface area contributed by atoms with Crippen LogP contribution in [-0.4, -0.2) is 4.57 Å². The van der Waals surface area contributed by atoms with Gasteiger partial charge in [0, 0.05) is 33.2 Å². The zero-order valence-corrected chi connectivity index (χ0v) is 41.1. The van der Waals surface area contributed by atoms with Gasteiger partial charge in [-0.2, -0.15) is 0 Å². The highest BCUT2D eigenvalue weighted by Gasteiger charge is 2.47. The van der Waals surface area contributed by atoms with E-state index in [2.05, 4.69) is 263 Å². The van der Waals surface area contributed by atoms with Gasteiger partial charge in [-0.05, 0) is 172 Å². The van der Waals surface area contributed by atoms with E-state index in [9.17, 15) is 0 Å². The fourth-order valence-electron chi connectivity index (χ4n) is 11.9. The van der Waals surface area contributed by atoms with Crippen molar-refractivity contribution >= 4 is 61.3 Å². The van der Waals surface area contributed by atoms with Crippen LogP contribution in [0.5, 0.6) is 0 Å². The first-order valence-corrected chi connectivity index (χ1v) is 25.2. The third-order valence-corrected chi connectivity index (χ3v) is 15.4. The van der Waals surface area contributed by atoms with Crippen LogP contribution in [0.1, 0.15) is 92.3 Å². The van der Waals surface area contributed by atoms with Crippen molar-refractivity contribution in [3.8, 4) is 27.9 Å². The molecule has 2 unspecified atom stereocenters. The van der Waals surface area contributed by atoms with E-state index >= 15 is 0 Å². The van der Waals surface area contributed by atoms with Crippen LogP contribution in [-0.2, 0) is 5.41 Å². The molecular weight excluding hydrogens is 845 g/mol. The van der Waals surface area contributed by atoms with Crippen molar-refractivity contribution in [2.24, 2.45) is 0 Å². The van der Waals surface area contributed by atoms with Crippen LogP contribution in [0.15, 0.2) is 212 Å². The fraction of sp³-hybridized carbons (Fsp3) is 0.147. The lowest BCUT2D eigenvalue weighted by atomic mass is 9.73. The Morgan fingerprint density at radius 2 is 1.31 bits per heavy atom. The number of benzene rings is 9. The number of rotatable bonds is 10. The normalized spacial score (nSPS) is 15.0. The Morgan fingerprint density at radius 1 is 0.600 bits per heavy atom. The summed E-state index contributed by atoms with van der Waals surface area (Å²) in [4.78, 5) is 2.52. The molecule has 0 fully saturated rings. The number of para-hydroxylation sites is 2. The van der Waals surface area contributed by atoms with Crippen LogP contribution >= 0.6 is 0 Å². The molecule has 0 radical (unpaired) electrons. The second-order valence-corrected chi connectivity index (χ2v) is 19.8. The van der Waals surface area contributed by atoms with Gasteiger partial charge < -0.3 is 9.47 Å². The summed E-state index contributed by atoms with van der Waals surface area (Å²) in [5.41, 5.74) is 23.4. The molecule has 2 nitrogen and oxygen atoms in total. The Bertz CT molecular complexity index is 3800. The molecule has 12 rings (SSSR count). The number of aromatic nitrogens is 1. The largest absolute Gasteiger partial charge is 0.310 e. The van der Waals surface area contributed by atoms with E-state index in [0.717, 1.165) is 35.6 Å². The molecule has 340 valence electrons. The van der Waals surface area contributed by atoms with Crippen molar-refractivity contribution < 1.29 is 0 Å². The van der Waals surface area contributed by atoms with Crippen molar-refractivity contribution in [1.82, 2.24) is 4.57 Å². The fourth-order valence-corrected chi connectivity index (χ4v) is 11.9. The van der Waals surface area contributed by atoms with E-state index in [1.807, 2.05) is 0 Å². The standard InChI is InChI=1S/C68H58N2/c1-7-9-25-53(44(3)4)60-40-48(31-34-54(60)46(6)8-2)49-32-35-59-62(41-49)68(38-37-47-21-13-17-29-61(47)68)63-43-66(56-27-14-15-28-58(56)67(59)63)69(51-24-19-20-45(5)39-51)52-33-36-57-55-26-16-18-30-64(55)70(65(57)42-52)50-22-11-10-12-23-50/h9-43,46H,7-8H2,1-6H3/b25-9-. The van der Waals surface area contributed by atoms with Crippen LogP contribution in [0.3, 0.4) is 0 Å². The van der Waals surface area contributed by atoms with Crippen molar-refractivity contribution in [3.05, 3.63) is 251 Å². The summed E-state index contributed by atoms with van der Waals surface area (Å²) in [7, 11) is 0. The number of hydrogen-bond acceptors (Lipinski definition) is 1. The topological polar surface area (TPSA) is 8.17 Å². The second kappa shape index (κ2) is 17.2. The van der Waals surface area contributed by atoms with Crippen molar-refractivity contribution in [1.29, 1.82) is 0 Å². The van der Waals surface area contributed by atoms with Crippen molar-refractivity contribution in [3.63, 3.8) is 0 Å². The SMILES string of the molecule is CC/C=C\C(=C(C)C)c1cc(-c2ccc3c(c2)C2(C=Cc4ccccc42)c2cc(N(c4cccc(C)c4)c4ccc5c6ccccc6n(-c6ccccc6)c5c4)c4ccccc4c2-3)ccc1C(C)CC. The van der Waals surface area contributed by atoms with Crippen LogP contribution in [0.25, 0.3) is 72.2 Å². The van der Waals surface area contributed by atoms with E-state index in [-0.39, 0.29) is 0 Å². The number of anilines is 3. The number of aryl methyl sites for hydroxylation is 1. The first kappa shape index (κ1) is 43.3. The Labute approximate surface area is 413 Å². The highest BCUT2D eigenvalue weighted by molar-refractivity contribution is 6.13. The molecule has 0 saturated heterocycles. The zero-order valence-electron chi connectivity index (χ0n) is 41.1. The first-order valence-electron chi connectivity index (χ1n) is 25.2. The summed E-state index contributed by atoms with van der Waals surface area (Å²) < 4.78 is 2.43. The van der Waals surface area contributed by atoms with Gasteiger partial charge in [-0.3, -0.25) is 0 Å². The highest BCUT2D eigenvalue weighted by Crippen LogP contribution is 2.61. The summed E-state index contributed by atoms with van der Waals surface area (Å²) >= 11 is 0. The predicted octanol–water partition coefficient (Wildman–Crippen LogP) is 19.0. The monoisotopic (exact) mass is 902 g/mol. The van der Waals surface area contributed by atoms with E-state index in [1.165, 1.54) is 105 Å². The summed E-state index contributed by atoms with van der Waals surface area (Å²) in [6.07, 6.45) is 11.6. The zero-order chi connectivity index (χ0) is 47.7. The van der Waals surface area contributed by atoms with E-state index in [4.69, 9.17) is 0 Å². The molecule has 0 amide bonds. The summed E-state index contributed by atoms with van der Waals surface area (Å²) in [5.74, 6) is 0.448. The molecule has 0 N–H and O–H groups in total. The average Bonchev–Trinajstić information content (AvgIpc) is 4.04. The van der Waals surface area contributed by atoms with Crippen LogP contribution < -0.4 is 4.90 Å².